The number of halogens is 1. The highest BCUT2D eigenvalue weighted by Crippen LogP contribution is 2.33. The predicted molar refractivity (Wildman–Crippen MR) is 79.2 cm³/mol. The highest BCUT2D eigenvalue weighted by molar-refractivity contribution is 6.32. The minimum absolute atomic E-state index is 0.126. The van der Waals surface area contributed by atoms with Gasteiger partial charge in [-0.2, -0.15) is 0 Å². The van der Waals surface area contributed by atoms with E-state index in [4.69, 9.17) is 21.4 Å². The van der Waals surface area contributed by atoms with Crippen molar-refractivity contribution < 1.29 is 9.84 Å². The van der Waals surface area contributed by atoms with Crippen LogP contribution < -0.4 is 4.74 Å². The molecule has 1 heterocycles. The summed E-state index contributed by atoms with van der Waals surface area (Å²) in [5.41, 5.74) is 2.35. The Balaban J connectivity index is 2.54. The molecule has 1 N–H and O–H groups in total. The van der Waals surface area contributed by atoms with Gasteiger partial charge in [-0.15, -0.1) is 0 Å². The smallest absolute Gasteiger partial charge is 0.138 e. The molecule has 0 aliphatic rings. The van der Waals surface area contributed by atoms with Gasteiger partial charge in [0.15, 0.2) is 0 Å². The van der Waals surface area contributed by atoms with Crippen LogP contribution in [-0.2, 0) is 13.0 Å². The van der Waals surface area contributed by atoms with Gasteiger partial charge in [-0.3, -0.25) is 0 Å². The van der Waals surface area contributed by atoms with E-state index in [0.717, 1.165) is 24.8 Å². The molecule has 2 rings (SSSR count). The Morgan fingerprint density at radius 2 is 2.16 bits per heavy atom. The van der Waals surface area contributed by atoms with Gasteiger partial charge in [0.05, 0.1) is 24.3 Å². The van der Waals surface area contributed by atoms with Gasteiger partial charge in [0.2, 0.25) is 0 Å². The number of aliphatic hydroxyl groups is 1. The van der Waals surface area contributed by atoms with Gasteiger partial charge in [-0.1, -0.05) is 24.9 Å². The Morgan fingerprint density at radius 1 is 1.37 bits per heavy atom. The average Bonchev–Trinajstić information content (AvgIpc) is 2.73. The lowest BCUT2D eigenvalue weighted by atomic mass is 10.1. The summed E-state index contributed by atoms with van der Waals surface area (Å²) in [5.74, 6) is 0.702. The molecular weight excluding hydrogens is 262 g/mol. The van der Waals surface area contributed by atoms with Crippen LogP contribution in [-0.4, -0.2) is 23.4 Å². The molecule has 2 aromatic rings. The van der Waals surface area contributed by atoms with Crippen molar-refractivity contribution in [1.82, 2.24) is 4.57 Å². The number of ether oxygens (including phenoxy) is 1. The summed E-state index contributed by atoms with van der Waals surface area (Å²) in [7, 11) is 1.63. The van der Waals surface area contributed by atoms with E-state index in [2.05, 4.69) is 17.7 Å². The molecule has 0 amide bonds. The highest BCUT2D eigenvalue weighted by Gasteiger charge is 2.12. The van der Waals surface area contributed by atoms with Crippen molar-refractivity contribution in [3.8, 4) is 5.75 Å². The number of fused-ring (bicyclic) bond motifs is 1. The standard InChI is InChI=1S/C15H20ClNO2/c1-3-4-5-11-10-17(6-7-18)14-9-13(16)15(19-2)8-12(11)14/h8-10,18H,3-7H2,1-2H3. The van der Waals surface area contributed by atoms with Crippen molar-refractivity contribution in [2.24, 2.45) is 0 Å². The first-order valence-corrected chi connectivity index (χ1v) is 7.05. The first kappa shape index (κ1) is 14.2. The van der Waals surface area contributed by atoms with E-state index in [-0.39, 0.29) is 6.61 Å². The third-order valence-corrected chi connectivity index (χ3v) is 3.67. The van der Waals surface area contributed by atoms with Crippen molar-refractivity contribution >= 4 is 22.5 Å². The van der Waals surface area contributed by atoms with Crippen LogP contribution in [0.4, 0.5) is 0 Å². The number of aromatic nitrogens is 1. The second-order valence-electron chi connectivity index (χ2n) is 4.68. The van der Waals surface area contributed by atoms with Crippen LogP contribution in [0, 0.1) is 0 Å². The minimum Gasteiger partial charge on any atom is -0.495 e. The Labute approximate surface area is 118 Å². The summed E-state index contributed by atoms with van der Waals surface area (Å²) in [6.45, 7) is 2.90. The van der Waals surface area contributed by atoms with E-state index < -0.39 is 0 Å². The van der Waals surface area contributed by atoms with Crippen LogP contribution in [0.25, 0.3) is 10.9 Å². The number of hydrogen-bond donors (Lipinski definition) is 1. The van der Waals surface area contributed by atoms with Crippen LogP contribution in [0.5, 0.6) is 5.75 Å². The monoisotopic (exact) mass is 281 g/mol. The summed E-state index contributed by atoms with van der Waals surface area (Å²) in [6.07, 6.45) is 5.48. The highest BCUT2D eigenvalue weighted by atomic mass is 35.5. The van der Waals surface area contributed by atoms with Gasteiger partial charge in [0.1, 0.15) is 5.75 Å². The fourth-order valence-electron chi connectivity index (χ4n) is 2.38. The van der Waals surface area contributed by atoms with E-state index in [1.165, 1.54) is 10.9 Å². The van der Waals surface area contributed by atoms with Crippen LogP contribution in [0.1, 0.15) is 25.3 Å². The first-order valence-electron chi connectivity index (χ1n) is 6.67. The van der Waals surface area contributed by atoms with Crippen LogP contribution in [0.2, 0.25) is 5.02 Å². The van der Waals surface area contributed by atoms with Gasteiger partial charge >= 0.3 is 0 Å². The van der Waals surface area contributed by atoms with Gasteiger partial charge in [-0.05, 0) is 30.5 Å². The number of benzene rings is 1. The van der Waals surface area contributed by atoms with Crippen molar-refractivity contribution in [2.45, 2.75) is 32.7 Å². The maximum absolute atomic E-state index is 9.16. The third-order valence-electron chi connectivity index (χ3n) is 3.38. The van der Waals surface area contributed by atoms with Crippen molar-refractivity contribution in [1.29, 1.82) is 0 Å². The molecule has 0 saturated carbocycles. The van der Waals surface area contributed by atoms with Crippen LogP contribution >= 0.6 is 11.6 Å². The lowest BCUT2D eigenvalue weighted by molar-refractivity contribution is 0.278. The van der Waals surface area contributed by atoms with E-state index >= 15 is 0 Å². The van der Waals surface area contributed by atoms with E-state index in [0.29, 0.717) is 17.3 Å². The van der Waals surface area contributed by atoms with Crippen LogP contribution in [0.3, 0.4) is 0 Å². The molecule has 0 unspecified atom stereocenters. The lowest BCUT2D eigenvalue weighted by Gasteiger charge is -2.06. The van der Waals surface area contributed by atoms with Crippen LogP contribution in [0.15, 0.2) is 18.3 Å². The molecule has 1 aromatic carbocycles. The number of rotatable bonds is 6. The van der Waals surface area contributed by atoms with Crippen molar-refractivity contribution in [3.05, 3.63) is 28.9 Å². The van der Waals surface area contributed by atoms with Gasteiger partial charge < -0.3 is 14.4 Å². The molecule has 4 heteroatoms. The van der Waals surface area contributed by atoms with Gasteiger partial charge in [0.25, 0.3) is 0 Å². The Bertz CT molecular complexity index is 563. The second-order valence-corrected chi connectivity index (χ2v) is 5.09. The van der Waals surface area contributed by atoms with Crippen molar-refractivity contribution in [3.63, 3.8) is 0 Å². The molecule has 19 heavy (non-hydrogen) atoms. The largest absolute Gasteiger partial charge is 0.495 e. The fourth-order valence-corrected chi connectivity index (χ4v) is 2.62. The van der Waals surface area contributed by atoms with E-state index in [1.54, 1.807) is 7.11 Å². The summed E-state index contributed by atoms with van der Waals surface area (Å²) in [5, 5.41) is 10.9. The summed E-state index contributed by atoms with van der Waals surface area (Å²) in [4.78, 5) is 0. The Morgan fingerprint density at radius 3 is 2.79 bits per heavy atom. The maximum Gasteiger partial charge on any atom is 0.138 e. The molecule has 3 nitrogen and oxygen atoms in total. The molecule has 0 fully saturated rings. The zero-order chi connectivity index (χ0) is 13.8. The minimum atomic E-state index is 0.126. The van der Waals surface area contributed by atoms with Gasteiger partial charge in [0, 0.05) is 18.1 Å². The fraction of sp³-hybridized carbons (Fsp3) is 0.467. The third kappa shape index (κ3) is 2.88. The average molecular weight is 282 g/mol. The number of methoxy groups -OCH3 is 1. The summed E-state index contributed by atoms with van der Waals surface area (Å²) < 4.78 is 7.35. The molecule has 1 aromatic heterocycles. The summed E-state index contributed by atoms with van der Waals surface area (Å²) in [6, 6.07) is 3.91. The Kier molecular flexibility index (Phi) is 4.72. The van der Waals surface area contributed by atoms with E-state index in [1.807, 2.05) is 12.1 Å². The second kappa shape index (κ2) is 6.31. The SMILES string of the molecule is CCCCc1cn(CCO)c2cc(Cl)c(OC)cc12. The molecule has 0 radical (unpaired) electrons. The summed E-state index contributed by atoms with van der Waals surface area (Å²) >= 11 is 6.19. The topological polar surface area (TPSA) is 34.4 Å². The Hall–Kier alpha value is -1.19. The van der Waals surface area contributed by atoms with Gasteiger partial charge in [-0.25, -0.2) is 0 Å². The molecule has 0 aliphatic carbocycles. The first-order chi connectivity index (χ1) is 9.21. The quantitative estimate of drug-likeness (QED) is 0.877. The molecule has 0 saturated heterocycles. The molecule has 0 bridgehead atoms. The molecular formula is C15H20ClNO2. The molecule has 0 spiro atoms. The zero-order valence-electron chi connectivity index (χ0n) is 11.4. The maximum atomic E-state index is 9.16. The van der Waals surface area contributed by atoms with E-state index in [9.17, 15) is 0 Å². The number of hydrogen-bond acceptors (Lipinski definition) is 2. The lowest BCUT2D eigenvalue weighted by Crippen LogP contribution is -2.00. The normalized spacial score (nSPS) is 11.2. The number of nitrogens with zero attached hydrogens (tertiary/aromatic N) is 1. The molecule has 0 atom stereocenters. The molecule has 104 valence electrons. The number of aryl methyl sites for hydroxylation is 1. The zero-order valence-corrected chi connectivity index (χ0v) is 12.2. The number of aliphatic hydroxyl groups excluding tert-OH is 1. The molecule has 0 aliphatic heterocycles. The van der Waals surface area contributed by atoms with Crippen molar-refractivity contribution in [2.75, 3.05) is 13.7 Å². The predicted octanol–water partition coefficient (Wildman–Crippen LogP) is 3.64. The number of unbranched alkanes of at least 4 members (excludes halogenated alkanes) is 1.